The van der Waals surface area contributed by atoms with E-state index < -0.39 is 11.6 Å². The molecule has 1 aromatic heterocycles. The number of aromatic nitrogens is 1. The molecule has 1 unspecified atom stereocenters. The topological polar surface area (TPSA) is 37.4 Å². The quantitative estimate of drug-likeness (QED) is 0.912. The zero-order chi connectivity index (χ0) is 13.8. The van der Waals surface area contributed by atoms with Gasteiger partial charge >= 0.3 is 0 Å². The highest BCUT2D eigenvalue weighted by atomic mass is 19.1. The molecule has 6 heteroatoms. The van der Waals surface area contributed by atoms with E-state index in [2.05, 4.69) is 10.3 Å². The van der Waals surface area contributed by atoms with Gasteiger partial charge in [-0.15, -0.1) is 0 Å². The lowest BCUT2D eigenvalue weighted by Gasteiger charge is -2.33. The predicted molar refractivity (Wildman–Crippen MR) is 70.6 cm³/mol. The van der Waals surface area contributed by atoms with Gasteiger partial charge in [0.05, 0.1) is 12.7 Å². The summed E-state index contributed by atoms with van der Waals surface area (Å²) in [5.41, 5.74) is 0. The number of hydrogen-bond acceptors (Lipinski definition) is 4. The zero-order valence-corrected chi connectivity index (χ0v) is 11.2. The van der Waals surface area contributed by atoms with Crippen LogP contribution in [-0.2, 0) is 4.74 Å². The zero-order valence-electron chi connectivity index (χ0n) is 11.2. The fourth-order valence-electron chi connectivity index (χ4n) is 2.13. The summed E-state index contributed by atoms with van der Waals surface area (Å²) in [6.07, 6.45) is 0.932. The van der Waals surface area contributed by atoms with Crippen LogP contribution in [0.15, 0.2) is 6.07 Å². The van der Waals surface area contributed by atoms with E-state index in [4.69, 9.17) is 4.74 Å². The number of anilines is 2. The van der Waals surface area contributed by atoms with Crippen molar-refractivity contribution in [3.05, 3.63) is 17.7 Å². The second-order valence-electron chi connectivity index (χ2n) is 4.50. The van der Waals surface area contributed by atoms with Crippen LogP contribution in [0.3, 0.4) is 0 Å². The lowest BCUT2D eigenvalue weighted by atomic mass is 10.2. The van der Waals surface area contributed by atoms with Crippen molar-refractivity contribution in [3.8, 4) is 0 Å². The van der Waals surface area contributed by atoms with Crippen molar-refractivity contribution in [2.24, 2.45) is 0 Å². The fourth-order valence-corrected chi connectivity index (χ4v) is 2.13. The summed E-state index contributed by atoms with van der Waals surface area (Å²) in [4.78, 5) is 5.88. The van der Waals surface area contributed by atoms with Gasteiger partial charge in [-0.25, -0.2) is 13.8 Å². The largest absolute Gasteiger partial charge is 0.375 e. The second kappa shape index (κ2) is 6.14. The number of morpholine rings is 1. The van der Waals surface area contributed by atoms with E-state index in [0.717, 1.165) is 12.5 Å². The van der Waals surface area contributed by atoms with Gasteiger partial charge in [-0.3, -0.25) is 0 Å². The van der Waals surface area contributed by atoms with Crippen molar-refractivity contribution in [1.82, 2.24) is 4.98 Å². The summed E-state index contributed by atoms with van der Waals surface area (Å²) in [6.45, 7) is 6.08. The van der Waals surface area contributed by atoms with Crippen molar-refractivity contribution < 1.29 is 13.5 Å². The normalized spacial score (nSPS) is 19.6. The Bertz CT molecular complexity index is 442. The number of ether oxygens (including phenoxy) is 1. The van der Waals surface area contributed by atoms with Crippen LogP contribution in [0.1, 0.15) is 20.3 Å². The van der Waals surface area contributed by atoms with Gasteiger partial charge in [-0.2, -0.15) is 0 Å². The minimum absolute atomic E-state index is 0.0718. The van der Waals surface area contributed by atoms with Gasteiger partial charge < -0.3 is 15.0 Å². The Labute approximate surface area is 111 Å². The molecule has 1 aromatic rings. The van der Waals surface area contributed by atoms with E-state index in [1.54, 1.807) is 0 Å². The van der Waals surface area contributed by atoms with Gasteiger partial charge in [0, 0.05) is 25.7 Å². The molecule has 1 fully saturated rings. The molecule has 4 nitrogen and oxygen atoms in total. The van der Waals surface area contributed by atoms with E-state index in [1.807, 2.05) is 18.7 Å². The number of pyridine rings is 1. The maximum atomic E-state index is 13.9. The Kier molecular flexibility index (Phi) is 4.52. The van der Waals surface area contributed by atoms with Crippen molar-refractivity contribution >= 4 is 11.6 Å². The molecular weight excluding hydrogens is 252 g/mol. The third-order valence-corrected chi connectivity index (χ3v) is 3.15. The molecule has 2 rings (SSSR count). The Morgan fingerprint density at radius 2 is 2.21 bits per heavy atom. The first-order valence-corrected chi connectivity index (χ1v) is 6.62. The van der Waals surface area contributed by atoms with Crippen LogP contribution >= 0.6 is 0 Å². The molecule has 1 aliphatic rings. The Balaban J connectivity index is 2.25. The van der Waals surface area contributed by atoms with Crippen LogP contribution in [0.5, 0.6) is 0 Å². The maximum Gasteiger partial charge on any atom is 0.168 e. The van der Waals surface area contributed by atoms with Crippen molar-refractivity contribution in [2.45, 2.75) is 26.4 Å². The smallest absolute Gasteiger partial charge is 0.168 e. The Morgan fingerprint density at radius 1 is 1.42 bits per heavy atom. The molecule has 0 bridgehead atoms. The van der Waals surface area contributed by atoms with Crippen molar-refractivity contribution in [2.75, 3.05) is 36.5 Å². The van der Waals surface area contributed by atoms with Crippen LogP contribution in [0, 0.1) is 11.6 Å². The van der Waals surface area contributed by atoms with Gasteiger partial charge in [0.25, 0.3) is 0 Å². The average molecular weight is 271 g/mol. The first kappa shape index (κ1) is 14.0. The first-order chi connectivity index (χ1) is 9.15. The molecule has 1 aliphatic heterocycles. The molecule has 1 atom stereocenters. The molecule has 0 radical (unpaired) electrons. The van der Waals surface area contributed by atoms with E-state index >= 15 is 0 Å². The highest BCUT2D eigenvalue weighted by Crippen LogP contribution is 2.24. The van der Waals surface area contributed by atoms with Crippen molar-refractivity contribution in [3.63, 3.8) is 0 Å². The summed E-state index contributed by atoms with van der Waals surface area (Å²) in [5.74, 6) is -1.00. The lowest BCUT2D eigenvalue weighted by Crippen LogP contribution is -2.43. The maximum absolute atomic E-state index is 13.9. The summed E-state index contributed by atoms with van der Waals surface area (Å²) in [5, 5.41) is 2.80. The van der Waals surface area contributed by atoms with Crippen LogP contribution in [0.4, 0.5) is 20.4 Å². The fraction of sp³-hybridized carbons (Fsp3) is 0.615. The number of nitrogens with one attached hydrogen (secondary N) is 1. The molecule has 0 aliphatic carbocycles. The highest BCUT2D eigenvalue weighted by Gasteiger charge is 2.23. The Morgan fingerprint density at radius 3 is 2.89 bits per heavy atom. The van der Waals surface area contributed by atoms with E-state index in [-0.39, 0.29) is 17.7 Å². The van der Waals surface area contributed by atoms with E-state index in [1.165, 1.54) is 0 Å². The van der Waals surface area contributed by atoms with Crippen molar-refractivity contribution in [1.29, 1.82) is 0 Å². The van der Waals surface area contributed by atoms with Crippen LogP contribution < -0.4 is 10.2 Å². The molecule has 0 spiro atoms. The first-order valence-electron chi connectivity index (χ1n) is 6.62. The van der Waals surface area contributed by atoms with Crippen LogP contribution in [-0.4, -0.2) is 37.3 Å². The lowest BCUT2D eigenvalue weighted by molar-refractivity contribution is 0.0379. The summed E-state index contributed by atoms with van der Waals surface area (Å²) >= 11 is 0. The number of nitrogens with zero attached hydrogens (tertiary/aromatic N) is 2. The number of halogens is 2. The second-order valence-corrected chi connectivity index (χ2v) is 4.50. The third-order valence-electron chi connectivity index (χ3n) is 3.15. The predicted octanol–water partition coefficient (Wildman–Crippen LogP) is 2.41. The minimum Gasteiger partial charge on any atom is -0.375 e. The van der Waals surface area contributed by atoms with Gasteiger partial charge in [-0.05, 0) is 13.3 Å². The van der Waals surface area contributed by atoms with Gasteiger partial charge in [0.15, 0.2) is 23.3 Å². The number of hydrogen-bond donors (Lipinski definition) is 1. The standard InChI is InChI=1S/C13H19F2N3O/c1-3-9-8-18(5-6-19-9)13-11(15)7-10(14)12(17-13)16-4-2/h7,9H,3-6,8H2,1-2H3,(H,16,17). The molecule has 1 N–H and O–H groups in total. The number of rotatable bonds is 4. The minimum atomic E-state index is -0.664. The molecule has 1 saturated heterocycles. The molecule has 19 heavy (non-hydrogen) atoms. The summed E-state index contributed by atoms with van der Waals surface area (Å²) in [7, 11) is 0. The monoisotopic (exact) mass is 271 g/mol. The molecule has 0 amide bonds. The summed E-state index contributed by atoms with van der Waals surface area (Å²) in [6, 6.07) is 0.886. The van der Waals surface area contributed by atoms with Crippen LogP contribution in [0.25, 0.3) is 0 Å². The molecule has 2 heterocycles. The Hall–Kier alpha value is -1.43. The molecule has 0 saturated carbocycles. The summed E-state index contributed by atoms with van der Waals surface area (Å²) < 4.78 is 32.9. The van der Waals surface area contributed by atoms with Gasteiger partial charge in [0.1, 0.15) is 0 Å². The highest BCUT2D eigenvalue weighted by molar-refractivity contribution is 5.49. The molecular formula is C13H19F2N3O. The third kappa shape index (κ3) is 3.12. The van der Waals surface area contributed by atoms with Crippen LogP contribution in [0.2, 0.25) is 0 Å². The SMILES string of the molecule is CCNc1nc(N2CCOC(CC)C2)c(F)cc1F. The molecule has 0 aromatic carbocycles. The van der Waals surface area contributed by atoms with E-state index in [9.17, 15) is 8.78 Å². The molecule has 106 valence electrons. The average Bonchev–Trinajstić information content (AvgIpc) is 2.42. The van der Waals surface area contributed by atoms with Gasteiger partial charge in [0.2, 0.25) is 0 Å². The van der Waals surface area contributed by atoms with E-state index in [0.29, 0.717) is 26.2 Å². The van der Waals surface area contributed by atoms with Gasteiger partial charge in [-0.1, -0.05) is 6.92 Å².